The lowest BCUT2D eigenvalue weighted by Crippen LogP contribution is -2.26. The number of nitrogens with one attached hydrogen (secondary N) is 1. The smallest absolute Gasteiger partial charge is 0.251 e. The molecule has 0 fully saturated rings. The summed E-state index contributed by atoms with van der Waals surface area (Å²) in [5.74, 6) is 1.34. The van der Waals surface area contributed by atoms with Crippen LogP contribution in [0.3, 0.4) is 0 Å². The van der Waals surface area contributed by atoms with E-state index in [0.717, 1.165) is 11.1 Å². The fourth-order valence-electron chi connectivity index (χ4n) is 3.14. The number of amides is 1. The SMILES string of the molecule is CCOc1ccc(C(=O)N[C@@H](C)c2ccc(F)cc2)cc1COc1ccccc1OC. The molecule has 0 saturated carbocycles. The van der Waals surface area contributed by atoms with Crippen LogP contribution in [0.2, 0.25) is 0 Å². The van der Waals surface area contributed by atoms with Gasteiger partial charge in [0.2, 0.25) is 0 Å². The number of carbonyl (C=O) groups is 1. The lowest BCUT2D eigenvalue weighted by molar-refractivity contribution is 0.0939. The molecule has 0 aliphatic heterocycles. The highest BCUT2D eigenvalue weighted by atomic mass is 19.1. The minimum atomic E-state index is -0.312. The molecule has 1 atom stereocenters. The first kappa shape index (κ1) is 22.2. The normalized spacial score (nSPS) is 11.5. The summed E-state index contributed by atoms with van der Waals surface area (Å²) in [5.41, 5.74) is 2.05. The van der Waals surface area contributed by atoms with E-state index in [1.165, 1.54) is 12.1 Å². The second-order valence-electron chi connectivity index (χ2n) is 6.94. The van der Waals surface area contributed by atoms with Crippen LogP contribution in [0.4, 0.5) is 4.39 Å². The molecule has 0 aromatic heterocycles. The van der Waals surface area contributed by atoms with Crippen LogP contribution in [0.1, 0.15) is 41.4 Å². The molecule has 0 heterocycles. The van der Waals surface area contributed by atoms with E-state index in [4.69, 9.17) is 14.2 Å². The highest BCUT2D eigenvalue weighted by Crippen LogP contribution is 2.29. The molecule has 162 valence electrons. The van der Waals surface area contributed by atoms with Crippen molar-refractivity contribution in [2.24, 2.45) is 0 Å². The summed E-state index contributed by atoms with van der Waals surface area (Å²) in [6.45, 7) is 4.46. The van der Waals surface area contributed by atoms with E-state index in [9.17, 15) is 9.18 Å². The Morgan fingerprint density at radius 2 is 1.68 bits per heavy atom. The Bertz CT molecular complexity index is 1020. The highest BCUT2D eigenvalue weighted by Gasteiger charge is 2.15. The van der Waals surface area contributed by atoms with Gasteiger partial charge in [0.25, 0.3) is 5.91 Å². The minimum absolute atomic E-state index is 0.213. The molecule has 0 spiro atoms. The average Bonchev–Trinajstić information content (AvgIpc) is 2.79. The molecular weight excluding hydrogens is 397 g/mol. The Hall–Kier alpha value is -3.54. The first-order valence-electron chi connectivity index (χ1n) is 10.1. The highest BCUT2D eigenvalue weighted by molar-refractivity contribution is 5.94. The third-order valence-corrected chi connectivity index (χ3v) is 4.79. The summed E-state index contributed by atoms with van der Waals surface area (Å²) >= 11 is 0. The van der Waals surface area contributed by atoms with Gasteiger partial charge < -0.3 is 19.5 Å². The van der Waals surface area contributed by atoms with Crippen LogP contribution in [0, 0.1) is 5.82 Å². The van der Waals surface area contributed by atoms with Gasteiger partial charge in [-0.25, -0.2) is 4.39 Å². The molecule has 0 aliphatic rings. The van der Waals surface area contributed by atoms with Crippen LogP contribution in [0.15, 0.2) is 66.7 Å². The van der Waals surface area contributed by atoms with Gasteiger partial charge in [-0.3, -0.25) is 4.79 Å². The number of methoxy groups -OCH3 is 1. The summed E-state index contributed by atoms with van der Waals surface area (Å²) in [6, 6.07) is 18.4. The third-order valence-electron chi connectivity index (χ3n) is 4.79. The lowest BCUT2D eigenvalue weighted by Gasteiger charge is -2.17. The Kier molecular flexibility index (Phi) is 7.49. The zero-order chi connectivity index (χ0) is 22.2. The molecule has 3 aromatic carbocycles. The molecule has 31 heavy (non-hydrogen) atoms. The van der Waals surface area contributed by atoms with Gasteiger partial charge in [0.05, 0.1) is 19.8 Å². The molecular formula is C25H26FNO4. The summed E-state index contributed by atoms with van der Waals surface area (Å²) < 4.78 is 30.1. The maximum absolute atomic E-state index is 13.1. The summed E-state index contributed by atoms with van der Waals surface area (Å²) in [7, 11) is 1.58. The number of halogens is 1. The minimum Gasteiger partial charge on any atom is -0.493 e. The largest absolute Gasteiger partial charge is 0.493 e. The van der Waals surface area contributed by atoms with Crippen LogP contribution >= 0.6 is 0 Å². The van der Waals surface area contributed by atoms with Gasteiger partial charge >= 0.3 is 0 Å². The Labute approximate surface area is 181 Å². The fraction of sp³-hybridized carbons (Fsp3) is 0.240. The van der Waals surface area contributed by atoms with E-state index in [-0.39, 0.29) is 24.4 Å². The van der Waals surface area contributed by atoms with Crippen molar-refractivity contribution in [2.45, 2.75) is 26.5 Å². The standard InChI is InChI=1S/C25H26FNO4/c1-4-30-22-14-11-19(25(28)27-17(2)18-9-12-21(26)13-10-18)15-20(22)16-31-24-8-6-5-7-23(24)29-3/h5-15,17H,4,16H2,1-3H3,(H,27,28)/t17-/m0/s1. The van der Waals surface area contributed by atoms with E-state index in [1.807, 2.05) is 38.1 Å². The quantitative estimate of drug-likeness (QED) is 0.507. The predicted molar refractivity (Wildman–Crippen MR) is 117 cm³/mol. The van der Waals surface area contributed by atoms with Gasteiger partial charge in [-0.15, -0.1) is 0 Å². The number of hydrogen-bond donors (Lipinski definition) is 1. The fourth-order valence-corrected chi connectivity index (χ4v) is 3.14. The Morgan fingerprint density at radius 3 is 2.35 bits per heavy atom. The van der Waals surface area contributed by atoms with Gasteiger partial charge in [0, 0.05) is 11.1 Å². The molecule has 0 aliphatic carbocycles. The first-order valence-corrected chi connectivity index (χ1v) is 10.1. The average molecular weight is 423 g/mol. The third kappa shape index (κ3) is 5.75. The number of para-hydroxylation sites is 2. The van der Waals surface area contributed by atoms with E-state index in [2.05, 4.69) is 5.32 Å². The van der Waals surface area contributed by atoms with Crippen LogP contribution in [0.25, 0.3) is 0 Å². The molecule has 6 heteroatoms. The van der Waals surface area contributed by atoms with E-state index in [0.29, 0.717) is 29.4 Å². The van der Waals surface area contributed by atoms with Crippen molar-refractivity contribution in [1.29, 1.82) is 0 Å². The summed E-state index contributed by atoms with van der Waals surface area (Å²) in [6.07, 6.45) is 0. The lowest BCUT2D eigenvalue weighted by atomic mass is 10.1. The van der Waals surface area contributed by atoms with Gasteiger partial charge in [0.15, 0.2) is 11.5 Å². The van der Waals surface area contributed by atoms with E-state index >= 15 is 0 Å². The number of ether oxygens (including phenoxy) is 3. The van der Waals surface area contributed by atoms with Crippen molar-refractivity contribution < 1.29 is 23.4 Å². The maximum atomic E-state index is 13.1. The second-order valence-corrected chi connectivity index (χ2v) is 6.94. The first-order chi connectivity index (χ1) is 15.0. The number of rotatable bonds is 9. The maximum Gasteiger partial charge on any atom is 0.251 e. The molecule has 3 rings (SSSR count). The Balaban J connectivity index is 1.76. The molecule has 0 unspecified atom stereocenters. The van der Waals surface area contributed by atoms with Crippen LogP contribution in [0.5, 0.6) is 17.2 Å². The molecule has 3 aromatic rings. The monoisotopic (exact) mass is 423 g/mol. The number of carbonyl (C=O) groups excluding carboxylic acids is 1. The topological polar surface area (TPSA) is 56.8 Å². The van der Waals surface area contributed by atoms with E-state index in [1.54, 1.807) is 37.4 Å². The molecule has 1 N–H and O–H groups in total. The van der Waals surface area contributed by atoms with Gasteiger partial charge in [-0.05, 0) is 61.9 Å². The molecule has 0 saturated heterocycles. The summed E-state index contributed by atoms with van der Waals surface area (Å²) in [5, 5.41) is 2.94. The Morgan fingerprint density at radius 1 is 0.968 bits per heavy atom. The van der Waals surface area contributed by atoms with Crippen molar-refractivity contribution in [3.05, 3.63) is 89.2 Å². The van der Waals surface area contributed by atoms with Crippen molar-refractivity contribution >= 4 is 5.91 Å². The molecule has 1 amide bonds. The molecule has 0 bridgehead atoms. The van der Waals surface area contributed by atoms with Gasteiger partial charge in [-0.1, -0.05) is 24.3 Å². The van der Waals surface area contributed by atoms with Gasteiger partial charge in [0.1, 0.15) is 18.2 Å². The molecule has 0 radical (unpaired) electrons. The van der Waals surface area contributed by atoms with Gasteiger partial charge in [-0.2, -0.15) is 0 Å². The van der Waals surface area contributed by atoms with Crippen LogP contribution < -0.4 is 19.5 Å². The summed E-state index contributed by atoms with van der Waals surface area (Å²) in [4.78, 5) is 12.8. The van der Waals surface area contributed by atoms with Crippen LogP contribution in [-0.4, -0.2) is 19.6 Å². The number of benzene rings is 3. The van der Waals surface area contributed by atoms with Crippen molar-refractivity contribution in [3.63, 3.8) is 0 Å². The molecule has 5 nitrogen and oxygen atoms in total. The zero-order valence-electron chi connectivity index (χ0n) is 17.9. The van der Waals surface area contributed by atoms with E-state index < -0.39 is 0 Å². The van der Waals surface area contributed by atoms with Crippen molar-refractivity contribution in [2.75, 3.05) is 13.7 Å². The zero-order valence-corrected chi connectivity index (χ0v) is 17.9. The predicted octanol–water partition coefficient (Wildman–Crippen LogP) is 5.30. The number of hydrogen-bond acceptors (Lipinski definition) is 4. The van der Waals surface area contributed by atoms with Crippen molar-refractivity contribution in [3.8, 4) is 17.2 Å². The van der Waals surface area contributed by atoms with Crippen LogP contribution in [-0.2, 0) is 6.61 Å². The van der Waals surface area contributed by atoms with Crippen molar-refractivity contribution in [1.82, 2.24) is 5.32 Å². The second kappa shape index (κ2) is 10.5.